The molecule has 0 aliphatic carbocycles. The molecule has 0 radical (unpaired) electrons. The minimum atomic E-state index is 0.450. The van der Waals surface area contributed by atoms with Crippen LogP contribution in [-0.4, -0.2) is 23.1 Å². The predicted molar refractivity (Wildman–Crippen MR) is 143 cm³/mol. The molecule has 0 aliphatic rings. The fraction of sp³-hybridized carbons (Fsp3) is 0.185. The lowest BCUT2D eigenvalue weighted by Gasteiger charge is -2.22. The zero-order valence-corrected chi connectivity index (χ0v) is 20.8. The molecule has 0 saturated heterocycles. The van der Waals surface area contributed by atoms with E-state index in [4.69, 9.17) is 4.74 Å². The van der Waals surface area contributed by atoms with Gasteiger partial charge in [-0.25, -0.2) is 4.98 Å². The van der Waals surface area contributed by atoms with Crippen LogP contribution in [0.25, 0.3) is 22.7 Å². The topological polar surface area (TPSA) is 64.9 Å². The Morgan fingerprint density at radius 1 is 1.09 bits per heavy atom. The smallest absolute Gasteiger partial charge is 0.149 e. The van der Waals surface area contributed by atoms with E-state index in [0.29, 0.717) is 18.0 Å². The van der Waals surface area contributed by atoms with E-state index < -0.39 is 0 Å². The van der Waals surface area contributed by atoms with E-state index in [1.54, 1.807) is 0 Å². The first kappa shape index (κ1) is 22.9. The predicted octanol–water partition coefficient (Wildman–Crippen LogP) is 6.66. The van der Waals surface area contributed by atoms with Crippen LogP contribution >= 0.6 is 22.6 Å². The SMILES string of the molecule is CCN(CC)c1ccc(/C=C(\C#N)c2nc3ccccc3[nH]2)c(OCc2ccc(I)cc2)c1. The largest absolute Gasteiger partial charge is 0.488 e. The van der Waals surface area contributed by atoms with E-state index in [2.05, 4.69) is 93.8 Å². The minimum absolute atomic E-state index is 0.450. The number of anilines is 1. The van der Waals surface area contributed by atoms with Crippen LogP contribution in [0.2, 0.25) is 0 Å². The molecule has 4 rings (SSSR count). The first-order chi connectivity index (χ1) is 16.1. The molecule has 0 aliphatic heterocycles. The van der Waals surface area contributed by atoms with Crippen molar-refractivity contribution in [1.29, 1.82) is 5.26 Å². The summed E-state index contributed by atoms with van der Waals surface area (Å²) in [5.41, 5.74) is 5.23. The number of hydrogen-bond donors (Lipinski definition) is 1. The Morgan fingerprint density at radius 3 is 2.55 bits per heavy atom. The third kappa shape index (κ3) is 5.37. The molecule has 0 bridgehead atoms. The molecule has 4 aromatic rings. The highest BCUT2D eigenvalue weighted by Crippen LogP contribution is 2.30. The van der Waals surface area contributed by atoms with Crippen molar-refractivity contribution in [3.05, 3.63) is 87.3 Å². The van der Waals surface area contributed by atoms with Gasteiger partial charge in [-0.2, -0.15) is 5.26 Å². The summed E-state index contributed by atoms with van der Waals surface area (Å²) in [6.45, 7) is 6.54. The molecule has 0 amide bonds. The summed E-state index contributed by atoms with van der Waals surface area (Å²) in [4.78, 5) is 10.1. The number of ether oxygens (including phenoxy) is 1. The van der Waals surface area contributed by atoms with Crippen molar-refractivity contribution in [2.75, 3.05) is 18.0 Å². The Morgan fingerprint density at radius 2 is 1.85 bits per heavy atom. The summed E-state index contributed by atoms with van der Waals surface area (Å²) in [7, 11) is 0. The number of H-pyrrole nitrogens is 1. The second kappa shape index (κ2) is 10.5. The Balaban J connectivity index is 1.71. The summed E-state index contributed by atoms with van der Waals surface area (Å²) in [6, 6.07) is 24.5. The Bertz CT molecular complexity index is 1280. The second-order valence-corrected chi connectivity index (χ2v) is 8.83. The lowest BCUT2D eigenvalue weighted by molar-refractivity contribution is 0.305. The first-order valence-electron chi connectivity index (χ1n) is 10.9. The van der Waals surface area contributed by atoms with Gasteiger partial charge in [0.25, 0.3) is 0 Å². The number of aromatic amines is 1. The van der Waals surface area contributed by atoms with Gasteiger partial charge in [0.05, 0.1) is 16.6 Å². The number of nitriles is 1. The summed E-state index contributed by atoms with van der Waals surface area (Å²) < 4.78 is 7.46. The van der Waals surface area contributed by atoms with Gasteiger partial charge in [-0.05, 0) is 84.5 Å². The number of hydrogen-bond acceptors (Lipinski definition) is 4. The average Bonchev–Trinajstić information content (AvgIpc) is 3.28. The third-order valence-electron chi connectivity index (χ3n) is 5.50. The fourth-order valence-corrected chi connectivity index (χ4v) is 4.04. The van der Waals surface area contributed by atoms with Crippen LogP contribution in [0.1, 0.15) is 30.8 Å². The molecule has 5 nitrogen and oxygen atoms in total. The van der Waals surface area contributed by atoms with Gasteiger partial charge in [0.1, 0.15) is 24.3 Å². The summed E-state index contributed by atoms with van der Waals surface area (Å²) in [5, 5.41) is 9.88. The molecule has 6 heteroatoms. The molecular weight excluding hydrogens is 523 g/mol. The van der Waals surface area contributed by atoms with Gasteiger partial charge >= 0.3 is 0 Å². The molecular formula is C27H25IN4O. The molecule has 0 atom stereocenters. The molecule has 0 spiro atoms. The van der Waals surface area contributed by atoms with E-state index in [0.717, 1.165) is 46.7 Å². The van der Waals surface area contributed by atoms with Crippen molar-refractivity contribution in [1.82, 2.24) is 9.97 Å². The van der Waals surface area contributed by atoms with Crippen LogP contribution in [-0.2, 0) is 6.61 Å². The lowest BCUT2D eigenvalue weighted by Crippen LogP contribution is -2.21. The number of nitrogens with one attached hydrogen (secondary N) is 1. The van der Waals surface area contributed by atoms with Gasteiger partial charge in [0.15, 0.2) is 0 Å². The zero-order valence-electron chi connectivity index (χ0n) is 18.7. The van der Waals surface area contributed by atoms with Crippen molar-refractivity contribution in [2.45, 2.75) is 20.5 Å². The maximum atomic E-state index is 9.88. The monoisotopic (exact) mass is 548 g/mol. The van der Waals surface area contributed by atoms with Crippen LogP contribution in [0.3, 0.4) is 0 Å². The highest BCUT2D eigenvalue weighted by molar-refractivity contribution is 14.1. The maximum absolute atomic E-state index is 9.88. The molecule has 3 aromatic carbocycles. The summed E-state index contributed by atoms with van der Waals surface area (Å²) >= 11 is 2.30. The van der Waals surface area contributed by atoms with E-state index in [1.807, 2.05) is 36.4 Å². The van der Waals surface area contributed by atoms with Gasteiger partial charge in [0, 0.05) is 34.0 Å². The highest BCUT2D eigenvalue weighted by atomic mass is 127. The molecule has 0 saturated carbocycles. The van der Waals surface area contributed by atoms with E-state index >= 15 is 0 Å². The molecule has 1 aromatic heterocycles. The highest BCUT2D eigenvalue weighted by Gasteiger charge is 2.12. The minimum Gasteiger partial charge on any atom is -0.488 e. The fourth-order valence-electron chi connectivity index (χ4n) is 3.68. The zero-order chi connectivity index (χ0) is 23.2. The molecule has 1 heterocycles. The number of aromatic nitrogens is 2. The first-order valence-corrected chi connectivity index (χ1v) is 12.0. The number of para-hydroxylation sites is 2. The number of fused-ring (bicyclic) bond motifs is 1. The van der Waals surface area contributed by atoms with Gasteiger partial charge in [0.2, 0.25) is 0 Å². The number of benzene rings is 3. The summed E-state index contributed by atoms with van der Waals surface area (Å²) in [5.74, 6) is 1.29. The number of allylic oxidation sites excluding steroid dienone is 1. The third-order valence-corrected chi connectivity index (χ3v) is 6.22. The van der Waals surface area contributed by atoms with Crippen LogP contribution in [0.4, 0.5) is 5.69 Å². The average molecular weight is 548 g/mol. The van der Waals surface area contributed by atoms with Crippen molar-refractivity contribution in [3.8, 4) is 11.8 Å². The number of nitrogens with zero attached hydrogens (tertiary/aromatic N) is 3. The van der Waals surface area contributed by atoms with Crippen molar-refractivity contribution in [2.24, 2.45) is 0 Å². The summed E-state index contributed by atoms with van der Waals surface area (Å²) in [6.07, 6.45) is 1.84. The lowest BCUT2D eigenvalue weighted by atomic mass is 10.1. The number of rotatable bonds is 8. The Labute approximate surface area is 207 Å². The van der Waals surface area contributed by atoms with Gasteiger partial charge in [-0.3, -0.25) is 0 Å². The maximum Gasteiger partial charge on any atom is 0.149 e. The van der Waals surface area contributed by atoms with E-state index in [1.165, 1.54) is 3.57 Å². The van der Waals surface area contributed by atoms with E-state index in [9.17, 15) is 5.26 Å². The standard InChI is InChI=1S/C27H25IN4O/c1-3-32(4-2)23-14-11-20(26(16-23)33-18-19-9-12-22(28)13-10-19)15-21(17-29)27-30-24-7-5-6-8-25(24)31-27/h5-16H,3-4,18H2,1-2H3,(H,30,31)/b21-15+. The van der Waals surface area contributed by atoms with Crippen LogP contribution in [0, 0.1) is 14.9 Å². The molecule has 0 unspecified atom stereocenters. The van der Waals surface area contributed by atoms with Crippen LogP contribution in [0.15, 0.2) is 66.7 Å². The Kier molecular flexibility index (Phi) is 7.30. The van der Waals surface area contributed by atoms with Crippen LogP contribution < -0.4 is 9.64 Å². The van der Waals surface area contributed by atoms with Gasteiger partial charge in [-0.1, -0.05) is 24.3 Å². The van der Waals surface area contributed by atoms with E-state index in [-0.39, 0.29) is 0 Å². The van der Waals surface area contributed by atoms with Crippen molar-refractivity contribution < 1.29 is 4.74 Å². The molecule has 33 heavy (non-hydrogen) atoms. The second-order valence-electron chi connectivity index (χ2n) is 7.58. The molecule has 0 fully saturated rings. The number of halogens is 1. The van der Waals surface area contributed by atoms with Gasteiger partial charge in [-0.15, -0.1) is 0 Å². The van der Waals surface area contributed by atoms with Crippen molar-refractivity contribution in [3.63, 3.8) is 0 Å². The van der Waals surface area contributed by atoms with Gasteiger partial charge < -0.3 is 14.6 Å². The molecule has 1 N–H and O–H groups in total. The number of imidazole rings is 1. The van der Waals surface area contributed by atoms with Crippen LogP contribution in [0.5, 0.6) is 5.75 Å². The van der Waals surface area contributed by atoms with Crippen molar-refractivity contribution >= 4 is 51.0 Å². The molecule has 166 valence electrons. The quantitative estimate of drug-likeness (QED) is 0.198. The Hall–Kier alpha value is -3.31. The normalized spacial score (nSPS) is 11.4.